The SMILES string of the molecule is Cc1cc2cc(-c3cc(=O)n4cc(N5CCC(N(C)C)CC5)ccc4n3)oc2c(C)n1.Cc1cc2cc(-c3cc(=O)n4cc(N5CCN(CCO)CC5)ccc4n3)oc2c(C)n1.Cc1cc2cc(-c3cc(=O)n4cc(N5C[C@@H](C)N[C@@H](C)C5)ccc4n3)oc2c(C)n1.Cc1cn2cc(-c3cc(=O)n4nc(C5CCN(CCO)CC5)ccc4n3)cc(Cl)c2n1. The fourth-order valence-corrected chi connectivity index (χ4v) is 17.8. The van der Waals surface area contributed by atoms with Crippen LogP contribution in [0.1, 0.15) is 91.0 Å². The minimum absolute atomic E-state index is 0.114. The van der Waals surface area contributed by atoms with Gasteiger partial charge in [0.2, 0.25) is 0 Å². The van der Waals surface area contributed by atoms with E-state index in [0.717, 1.165) is 192 Å². The third-order valence-corrected chi connectivity index (χ3v) is 23.9. The van der Waals surface area contributed by atoms with Gasteiger partial charge in [-0.05, 0) is 206 Å². The summed E-state index contributed by atoms with van der Waals surface area (Å²) in [5.74, 6) is 2.03. The molecule has 123 heavy (non-hydrogen) atoms. The number of pyridine rings is 7. The van der Waals surface area contributed by atoms with E-state index in [1.54, 1.807) is 25.3 Å². The summed E-state index contributed by atoms with van der Waals surface area (Å²) in [6.45, 7) is 28.8. The van der Waals surface area contributed by atoms with Crippen molar-refractivity contribution in [2.45, 2.75) is 112 Å². The van der Waals surface area contributed by atoms with E-state index in [1.165, 1.54) is 22.7 Å². The normalized spacial score (nSPS) is 16.5. The Morgan fingerprint density at radius 2 is 0.862 bits per heavy atom. The molecule has 2 atom stereocenters. The predicted molar refractivity (Wildman–Crippen MR) is 479 cm³/mol. The van der Waals surface area contributed by atoms with Crippen LogP contribution in [0.25, 0.3) is 107 Å². The number of aliphatic hydroxyl groups is 2. The number of aliphatic hydroxyl groups excluding tert-OH is 2. The first-order valence-electron chi connectivity index (χ1n) is 41.9. The molecule has 634 valence electrons. The number of nitrogens with one attached hydrogen (secondary N) is 1. The fourth-order valence-electron chi connectivity index (χ4n) is 17.5. The van der Waals surface area contributed by atoms with E-state index in [0.29, 0.717) is 110 Å². The maximum absolute atomic E-state index is 12.9. The third kappa shape index (κ3) is 17.7. The van der Waals surface area contributed by atoms with Crippen LogP contribution in [0.15, 0.2) is 179 Å². The molecular weight excluding hydrogens is 1580 g/mol. The number of nitrogens with zero attached hydrogens (tertiary/aromatic N) is 20. The van der Waals surface area contributed by atoms with Crippen molar-refractivity contribution >= 4 is 89.8 Å². The van der Waals surface area contributed by atoms with E-state index in [2.05, 4.69) is 109 Å². The zero-order chi connectivity index (χ0) is 85.8. The maximum Gasteiger partial charge on any atom is 0.275 e. The number of halogens is 1. The van der Waals surface area contributed by atoms with Crippen molar-refractivity contribution in [3.63, 3.8) is 0 Å². The molecule has 3 N–H and O–H groups in total. The molecule has 0 spiro atoms. The second-order valence-electron chi connectivity index (χ2n) is 33.1. The second-order valence-corrected chi connectivity index (χ2v) is 33.5. The molecule has 20 heterocycles. The number of furan rings is 3. The van der Waals surface area contributed by atoms with Gasteiger partial charge in [-0.25, -0.2) is 24.9 Å². The fraction of sp³-hybridized carbons (Fsp3) is 0.359. The van der Waals surface area contributed by atoms with Gasteiger partial charge in [-0.15, -0.1) is 0 Å². The van der Waals surface area contributed by atoms with Gasteiger partial charge in [0.1, 0.15) is 34.0 Å². The Morgan fingerprint density at radius 1 is 0.439 bits per heavy atom. The Bertz CT molecular complexity index is 6930. The molecule has 0 radical (unpaired) electrons. The first-order chi connectivity index (χ1) is 59.3. The lowest BCUT2D eigenvalue weighted by molar-refractivity contribution is 0.163. The number of piperazine rings is 2. The molecule has 0 saturated carbocycles. The minimum atomic E-state index is -0.224. The second kappa shape index (κ2) is 34.8. The molecule has 16 aromatic rings. The molecule has 4 aliphatic rings. The van der Waals surface area contributed by atoms with Gasteiger partial charge in [-0.1, -0.05) is 11.6 Å². The summed E-state index contributed by atoms with van der Waals surface area (Å²) in [5, 5.41) is 29.8. The first kappa shape index (κ1) is 82.9. The van der Waals surface area contributed by atoms with Crippen LogP contribution in [0.4, 0.5) is 17.1 Å². The molecule has 20 rings (SSSR count). The molecular formula is C92H100ClN21O9. The highest BCUT2D eigenvalue weighted by molar-refractivity contribution is 6.33. The number of hydrogen-bond donors (Lipinski definition) is 3. The highest BCUT2D eigenvalue weighted by Gasteiger charge is 2.28. The molecule has 16 aromatic heterocycles. The van der Waals surface area contributed by atoms with Crippen molar-refractivity contribution in [2.75, 3.05) is 121 Å². The molecule has 4 saturated heterocycles. The molecule has 0 aromatic carbocycles. The summed E-state index contributed by atoms with van der Waals surface area (Å²) in [6.07, 6.45) is 13.6. The number of rotatable bonds is 13. The number of piperidine rings is 2. The minimum Gasteiger partial charge on any atom is -0.453 e. The Hall–Kier alpha value is -12.4. The lowest BCUT2D eigenvalue weighted by Gasteiger charge is -2.37. The van der Waals surface area contributed by atoms with Crippen molar-refractivity contribution in [3.05, 3.63) is 238 Å². The third-order valence-electron chi connectivity index (χ3n) is 23.6. The molecule has 4 fully saturated rings. The number of hydrogen-bond acceptors (Lipinski definition) is 25. The number of likely N-dealkylation sites (tertiary alicyclic amines) is 1. The summed E-state index contributed by atoms with van der Waals surface area (Å²) >= 11 is 6.40. The summed E-state index contributed by atoms with van der Waals surface area (Å²) in [4.78, 5) is 102. The Balaban J connectivity index is 0.000000116. The van der Waals surface area contributed by atoms with Crippen LogP contribution < -0.4 is 42.3 Å². The van der Waals surface area contributed by atoms with Crippen LogP contribution in [0.3, 0.4) is 0 Å². The van der Waals surface area contributed by atoms with Gasteiger partial charge in [-0.2, -0.15) is 9.61 Å². The van der Waals surface area contributed by atoms with Crippen molar-refractivity contribution in [2.24, 2.45) is 0 Å². The highest BCUT2D eigenvalue weighted by atomic mass is 35.5. The summed E-state index contributed by atoms with van der Waals surface area (Å²) in [5.41, 5.74) is 17.6. The maximum atomic E-state index is 12.9. The van der Waals surface area contributed by atoms with Gasteiger partial charge in [0, 0.05) is 184 Å². The Morgan fingerprint density at radius 3 is 1.32 bits per heavy atom. The van der Waals surface area contributed by atoms with Crippen molar-refractivity contribution in [3.8, 4) is 45.6 Å². The number of anilines is 3. The number of β-amino-alcohol motifs (C(OH)–C–C–N with tert-alkyl or cyclic N) is 2. The Kier molecular flexibility index (Phi) is 23.5. The van der Waals surface area contributed by atoms with Crippen molar-refractivity contribution in [1.29, 1.82) is 0 Å². The lowest BCUT2D eigenvalue weighted by atomic mass is 9.93. The van der Waals surface area contributed by atoms with Crippen LogP contribution in [0, 0.1) is 48.5 Å². The lowest BCUT2D eigenvalue weighted by Crippen LogP contribution is -2.54. The van der Waals surface area contributed by atoms with Gasteiger partial charge < -0.3 is 57.7 Å². The zero-order valence-corrected chi connectivity index (χ0v) is 71.7. The predicted octanol–water partition coefficient (Wildman–Crippen LogP) is 11.7. The van der Waals surface area contributed by atoms with Crippen molar-refractivity contribution < 1.29 is 23.5 Å². The van der Waals surface area contributed by atoms with Crippen LogP contribution in [0.2, 0.25) is 5.02 Å². The van der Waals surface area contributed by atoms with Gasteiger partial charge in [0.15, 0.2) is 45.3 Å². The average Bonchev–Trinajstić information content (AvgIpc) is 1.77. The molecule has 31 heteroatoms. The van der Waals surface area contributed by atoms with Crippen LogP contribution in [-0.4, -0.2) is 216 Å². The highest BCUT2D eigenvalue weighted by Crippen LogP contribution is 2.35. The number of aromatic nitrogens is 14. The zero-order valence-electron chi connectivity index (χ0n) is 71.0. The number of fused-ring (bicyclic) bond motifs is 8. The van der Waals surface area contributed by atoms with E-state index < -0.39 is 0 Å². The molecule has 0 bridgehead atoms. The molecule has 30 nitrogen and oxygen atoms in total. The van der Waals surface area contributed by atoms with Gasteiger partial charge in [0.05, 0.1) is 69.5 Å². The molecule has 0 amide bonds. The Labute approximate surface area is 713 Å². The number of aryl methyl sites for hydroxylation is 7. The van der Waals surface area contributed by atoms with E-state index in [9.17, 15) is 19.2 Å². The molecule has 0 aliphatic carbocycles. The smallest absolute Gasteiger partial charge is 0.275 e. The standard InChI is InChI=1S/C24H27N5O2.C23H25N5O3.C23H25N5O2.C22H23ClN6O2/c1-15-11-17-12-21(31-24(17)16(2)25-15)20-13-23(30)29-14-19(5-6-22(29)26-20)28-9-7-18(8-10-28)27(3)4;1-15-11-17-12-20(31-23(17)16(2)24-15)19-13-22(30)28-14-18(3-4-21(28)25-19)27-7-5-26(6-8-27)9-10-29;1-13-7-17-8-20(30-23(17)16(4)25-13)19-9-22(29)28-12-18(5-6-21(28)26-19)27-10-14(2)24-15(3)11-27;1-14-12-28-13-16(10-17(23)22(28)24-14)19-11-21(31)29-20(25-19)3-2-18(26-29)15-4-6-27(7-5-15)8-9-30/h5-6,11-14,18H,7-10H2,1-4H3;3-4,11-14,29H,5-10H2,1-2H3;5-9,12,14-15,24H,10-11H2,1-4H3;2-3,10-13,15,30H,4-9H2,1H3/t;;14-,15+;. The van der Waals surface area contributed by atoms with Crippen molar-refractivity contribution in [1.82, 2.24) is 87.1 Å². The van der Waals surface area contributed by atoms with Gasteiger partial charge in [0.25, 0.3) is 22.2 Å². The van der Waals surface area contributed by atoms with Crippen LogP contribution in [0.5, 0.6) is 0 Å². The first-order valence-corrected chi connectivity index (χ1v) is 42.3. The van der Waals surface area contributed by atoms with Crippen LogP contribution >= 0.6 is 11.6 Å². The summed E-state index contributed by atoms with van der Waals surface area (Å²) in [7, 11) is 4.28. The van der Waals surface area contributed by atoms with Gasteiger partial charge >= 0.3 is 0 Å². The topological polar surface area (TPSA) is 318 Å². The molecule has 0 unspecified atom stereocenters. The summed E-state index contributed by atoms with van der Waals surface area (Å²) < 4.78 is 26.0. The largest absolute Gasteiger partial charge is 0.453 e. The average molecular weight is 1680 g/mol. The quantitative estimate of drug-likeness (QED) is 0.0965. The van der Waals surface area contributed by atoms with E-state index in [1.807, 2.05) is 163 Å². The van der Waals surface area contributed by atoms with E-state index in [4.69, 9.17) is 40.0 Å². The van der Waals surface area contributed by atoms with Crippen LogP contribution in [-0.2, 0) is 0 Å². The van der Waals surface area contributed by atoms with E-state index in [-0.39, 0.29) is 35.5 Å². The van der Waals surface area contributed by atoms with Gasteiger partial charge in [-0.3, -0.25) is 52.2 Å². The van der Waals surface area contributed by atoms with E-state index >= 15 is 0 Å². The summed E-state index contributed by atoms with van der Waals surface area (Å²) in [6, 6.07) is 36.6. The number of imidazole rings is 1. The molecule has 4 aliphatic heterocycles. The monoisotopic (exact) mass is 1680 g/mol.